The lowest BCUT2D eigenvalue weighted by molar-refractivity contribution is 0.306. The molecule has 186 valence electrons. The summed E-state index contributed by atoms with van der Waals surface area (Å²) in [7, 11) is 0. The predicted molar refractivity (Wildman–Crippen MR) is 149 cm³/mol. The number of thiazole rings is 1. The number of rotatable bonds is 8. The van der Waals surface area contributed by atoms with Crippen LogP contribution in [0.4, 0.5) is 16.8 Å². The number of ether oxygens (including phenoxy) is 1. The first-order valence-corrected chi connectivity index (χ1v) is 12.7. The summed E-state index contributed by atoms with van der Waals surface area (Å²) in [5.41, 5.74) is 11.3. The summed E-state index contributed by atoms with van der Waals surface area (Å²) in [4.78, 5) is 18.6. The van der Waals surface area contributed by atoms with Gasteiger partial charge in [-0.2, -0.15) is 0 Å². The molecular weight excluding hydrogens is 496 g/mol. The number of nitrogens with two attached hydrogens (primary N) is 1. The maximum Gasteiger partial charge on any atom is 0.227 e. The SMILES string of the molecule is Nc1nc(-c2cccc(OCc3ccccc3)c2)c(-c2ccnc(Nc3cccc(-c4cnco4)c3)n2)s1. The highest BCUT2D eigenvalue weighted by molar-refractivity contribution is 7.19. The average molecular weight is 519 g/mol. The van der Waals surface area contributed by atoms with Crippen LogP contribution in [0.2, 0.25) is 0 Å². The first kappa shape index (κ1) is 23.4. The molecule has 0 unspecified atom stereocenters. The highest BCUT2D eigenvalue weighted by Gasteiger charge is 2.16. The molecule has 0 aliphatic carbocycles. The average Bonchev–Trinajstić information content (AvgIpc) is 3.64. The third kappa shape index (κ3) is 5.23. The Morgan fingerprint density at radius 3 is 2.63 bits per heavy atom. The van der Waals surface area contributed by atoms with E-state index in [0.717, 1.165) is 38.7 Å². The third-order valence-electron chi connectivity index (χ3n) is 5.72. The molecule has 0 aliphatic heterocycles. The molecule has 3 heterocycles. The number of anilines is 3. The van der Waals surface area contributed by atoms with Crippen molar-refractivity contribution in [2.75, 3.05) is 11.1 Å². The Balaban J connectivity index is 1.26. The molecule has 6 rings (SSSR count). The van der Waals surface area contributed by atoms with E-state index in [0.29, 0.717) is 29.1 Å². The quantitative estimate of drug-likeness (QED) is 0.226. The molecular formula is C29H22N6O2S. The molecule has 0 saturated heterocycles. The van der Waals surface area contributed by atoms with Gasteiger partial charge in [0.1, 0.15) is 12.4 Å². The van der Waals surface area contributed by atoms with E-state index in [2.05, 4.69) is 20.3 Å². The van der Waals surface area contributed by atoms with Crippen LogP contribution in [-0.2, 0) is 6.61 Å². The van der Waals surface area contributed by atoms with Gasteiger partial charge in [0.2, 0.25) is 5.95 Å². The summed E-state index contributed by atoms with van der Waals surface area (Å²) in [5, 5.41) is 3.73. The van der Waals surface area contributed by atoms with Gasteiger partial charge in [0.25, 0.3) is 0 Å². The Bertz CT molecular complexity index is 1670. The van der Waals surface area contributed by atoms with Crippen LogP contribution in [0.3, 0.4) is 0 Å². The van der Waals surface area contributed by atoms with Crippen LogP contribution in [0.15, 0.2) is 108 Å². The highest BCUT2D eigenvalue weighted by Crippen LogP contribution is 2.38. The van der Waals surface area contributed by atoms with Gasteiger partial charge >= 0.3 is 0 Å². The molecule has 38 heavy (non-hydrogen) atoms. The lowest BCUT2D eigenvalue weighted by atomic mass is 10.1. The zero-order valence-electron chi connectivity index (χ0n) is 20.1. The maximum atomic E-state index is 6.15. The van der Waals surface area contributed by atoms with Gasteiger partial charge in [0.05, 0.1) is 22.5 Å². The van der Waals surface area contributed by atoms with E-state index in [-0.39, 0.29) is 0 Å². The summed E-state index contributed by atoms with van der Waals surface area (Å²) in [6, 6.07) is 27.5. The third-order valence-corrected chi connectivity index (χ3v) is 6.63. The van der Waals surface area contributed by atoms with Gasteiger partial charge in [-0.25, -0.2) is 19.9 Å². The Morgan fingerprint density at radius 2 is 1.76 bits per heavy atom. The number of hydrogen-bond donors (Lipinski definition) is 2. The molecule has 6 aromatic rings. The first-order chi connectivity index (χ1) is 18.7. The number of aromatic nitrogens is 4. The molecule has 3 aromatic carbocycles. The Kier molecular flexibility index (Phi) is 6.48. The summed E-state index contributed by atoms with van der Waals surface area (Å²) in [6.45, 7) is 0.481. The van der Waals surface area contributed by atoms with E-state index < -0.39 is 0 Å². The van der Waals surface area contributed by atoms with Crippen molar-refractivity contribution in [3.8, 4) is 38.9 Å². The minimum atomic E-state index is 0.454. The molecule has 0 spiro atoms. The maximum absolute atomic E-state index is 6.15. The minimum Gasteiger partial charge on any atom is -0.489 e. The van der Waals surface area contributed by atoms with Crippen molar-refractivity contribution in [2.24, 2.45) is 0 Å². The number of nitrogen functional groups attached to an aromatic ring is 1. The fourth-order valence-electron chi connectivity index (χ4n) is 3.96. The zero-order valence-corrected chi connectivity index (χ0v) is 20.9. The molecule has 0 aliphatic rings. The van der Waals surface area contributed by atoms with E-state index in [9.17, 15) is 0 Å². The van der Waals surface area contributed by atoms with Gasteiger partial charge < -0.3 is 20.2 Å². The fraction of sp³-hybridized carbons (Fsp3) is 0.0345. The lowest BCUT2D eigenvalue weighted by Gasteiger charge is -2.09. The second-order valence-electron chi connectivity index (χ2n) is 8.37. The Hall–Kier alpha value is -5.02. The normalized spacial score (nSPS) is 10.8. The van der Waals surface area contributed by atoms with E-state index in [1.54, 1.807) is 12.4 Å². The van der Waals surface area contributed by atoms with Crippen LogP contribution >= 0.6 is 11.3 Å². The summed E-state index contributed by atoms with van der Waals surface area (Å²) < 4.78 is 11.4. The number of oxazole rings is 1. The Labute approximate surface area is 222 Å². The molecule has 8 nitrogen and oxygen atoms in total. The molecule has 0 fully saturated rings. The molecule has 0 atom stereocenters. The first-order valence-electron chi connectivity index (χ1n) is 11.8. The lowest BCUT2D eigenvalue weighted by Crippen LogP contribution is -1.98. The van der Waals surface area contributed by atoms with Crippen LogP contribution in [0.5, 0.6) is 5.75 Å². The van der Waals surface area contributed by atoms with Crippen LogP contribution in [0.1, 0.15) is 5.56 Å². The Morgan fingerprint density at radius 1 is 0.895 bits per heavy atom. The predicted octanol–water partition coefficient (Wildman–Crippen LogP) is 6.83. The van der Waals surface area contributed by atoms with Crippen LogP contribution in [0.25, 0.3) is 33.2 Å². The minimum absolute atomic E-state index is 0.454. The van der Waals surface area contributed by atoms with Gasteiger partial charge in [0, 0.05) is 23.0 Å². The van der Waals surface area contributed by atoms with Gasteiger partial charge in [-0.15, -0.1) is 0 Å². The fourth-order valence-corrected chi connectivity index (χ4v) is 4.79. The smallest absolute Gasteiger partial charge is 0.227 e. The molecule has 3 N–H and O–H groups in total. The molecule has 9 heteroatoms. The zero-order chi connectivity index (χ0) is 25.7. The van der Waals surface area contributed by atoms with E-state index in [4.69, 9.17) is 19.9 Å². The van der Waals surface area contributed by atoms with Crippen molar-refractivity contribution < 1.29 is 9.15 Å². The highest BCUT2D eigenvalue weighted by atomic mass is 32.1. The van der Waals surface area contributed by atoms with Crippen molar-refractivity contribution >= 4 is 28.1 Å². The molecule has 0 saturated carbocycles. The van der Waals surface area contributed by atoms with Gasteiger partial charge in [-0.05, 0) is 35.9 Å². The summed E-state index contributed by atoms with van der Waals surface area (Å²) >= 11 is 1.38. The molecule has 0 bridgehead atoms. The second-order valence-corrected chi connectivity index (χ2v) is 9.40. The number of nitrogens with zero attached hydrogens (tertiary/aromatic N) is 4. The van der Waals surface area contributed by atoms with Gasteiger partial charge in [-0.1, -0.05) is 65.9 Å². The van der Waals surface area contributed by atoms with Crippen molar-refractivity contribution in [2.45, 2.75) is 6.61 Å². The van der Waals surface area contributed by atoms with Crippen molar-refractivity contribution in [1.29, 1.82) is 0 Å². The standard InChI is InChI=1S/C29H22N6O2S/c30-28-35-26(21-9-5-11-23(15-21)36-17-19-6-2-1-3-7-19)27(38-28)24-12-13-32-29(34-24)33-22-10-4-8-20(14-22)25-16-31-18-37-25/h1-16,18H,17H2,(H2,30,35)(H,32,33,34). The molecule has 0 amide bonds. The largest absolute Gasteiger partial charge is 0.489 e. The van der Waals surface area contributed by atoms with Crippen molar-refractivity contribution in [1.82, 2.24) is 19.9 Å². The van der Waals surface area contributed by atoms with E-state index in [1.807, 2.05) is 84.9 Å². The number of benzene rings is 3. The van der Waals surface area contributed by atoms with Gasteiger partial charge in [-0.3, -0.25) is 0 Å². The molecule has 3 aromatic heterocycles. The number of nitrogens with one attached hydrogen (secondary N) is 1. The van der Waals surface area contributed by atoms with Gasteiger partial charge in [0.15, 0.2) is 17.3 Å². The van der Waals surface area contributed by atoms with E-state index in [1.165, 1.54) is 17.7 Å². The number of hydrogen-bond acceptors (Lipinski definition) is 9. The topological polar surface area (TPSA) is 112 Å². The van der Waals surface area contributed by atoms with Crippen LogP contribution < -0.4 is 15.8 Å². The summed E-state index contributed by atoms with van der Waals surface area (Å²) in [6.07, 6.45) is 4.79. The second kappa shape index (κ2) is 10.5. The van der Waals surface area contributed by atoms with Crippen molar-refractivity contribution in [3.63, 3.8) is 0 Å². The van der Waals surface area contributed by atoms with Crippen LogP contribution in [0, 0.1) is 0 Å². The van der Waals surface area contributed by atoms with Crippen molar-refractivity contribution in [3.05, 3.63) is 109 Å². The van der Waals surface area contributed by atoms with Crippen LogP contribution in [-0.4, -0.2) is 19.9 Å². The molecule has 0 radical (unpaired) electrons. The monoisotopic (exact) mass is 518 g/mol. The van der Waals surface area contributed by atoms with E-state index >= 15 is 0 Å². The summed E-state index contributed by atoms with van der Waals surface area (Å²) in [5.74, 6) is 1.89.